The van der Waals surface area contributed by atoms with Crippen molar-refractivity contribution in [2.24, 2.45) is 0 Å². The normalized spacial score (nSPS) is 10.6. The van der Waals surface area contributed by atoms with Crippen LogP contribution in [0, 0.1) is 0 Å². The molecular weight excluding hydrogens is 356 g/mol. The minimum atomic E-state index is -0.132. The van der Waals surface area contributed by atoms with Crippen molar-refractivity contribution in [2.45, 2.75) is 26.6 Å². The van der Waals surface area contributed by atoms with Gasteiger partial charge in [0.2, 0.25) is 0 Å². The zero-order valence-corrected chi connectivity index (χ0v) is 16.1. The van der Waals surface area contributed by atoms with Crippen LogP contribution >= 0.6 is 0 Å². The number of amides is 1. The van der Waals surface area contributed by atoms with Crippen molar-refractivity contribution < 1.29 is 14.3 Å². The van der Waals surface area contributed by atoms with Gasteiger partial charge in [-0.15, -0.1) is 0 Å². The second-order valence-corrected chi connectivity index (χ2v) is 6.26. The lowest BCUT2D eigenvalue weighted by molar-refractivity contribution is 0.0950. The molecule has 0 spiro atoms. The summed E-state index contributed by atoms with van der Waals surface area (Å²) in [4.78, 5) is 16.4. The van der Waals surface area contributed by atoms with Crippen LogP contribution in [0.3, 0.4) is 0 Å². The maximum atomic E-state index is 12.5. The summed E-state index contributed by atoms with van der Waals surface area (Å²) in [6, 6.07) is 13.4. The number of hydrogen-bond acceptors (Lipinski definition) is 5. The molecule has 0 aliphatic heterocycles. The van der Waals surface area contributed by atoms with Gasteiger partial charge in [-0.05, 0) is 36.2 Å². The van der Waals surface area contributed by atoms with E-state index in [1.807, 2.05) is 37.3 Å². The molecule has 1 aromatic heterocycles. The molecule has 1 N–H and O–H groups in total. The molecule has 7 heteroatoms. The van der Waals surface area contributed by atoms with E-state index in [4.69, 9.17) is 9.47 Å². The number of rotatable bonds is 9. The van der Waals surface area contributed by atoms with Gasteiger partial charge >= 0.3 is 0 Å². The molecule has 0 saturated heterocycles. The smallest absolute Gasteiger partial charge is 0.251 e. The Hall–Kier alpha value is -3.19. The number of nitrogens with one attached hydrogen (secondary N) is 1. The van der Waals surface area contributed by atoms with Crippen LogP contribution in [0.4, 0.5) is 0 Å². The van der Waals surface area contributed by atoms with Gasteiger partial charge in [-0.3, -0.25) is 4.79 Å². The fourth-order valence-corrected chi connectivity index (χ4v) is 2.79. The van der Waals surface area contributed by atoms with Gasteiger partial charge in [0.25, 0.3) is 5.91 Å². The van der Waals surface area contributed by atoms with Gasteiger partial charge < -0.3 is 14.8 Å². The summed E-state index contributed by atoms with van der Waals surface area (Å²) in [5.41, 5.74) is 3.59. The van der Waals surface area contributed by atoms with Crippen LogP contribution in [0.1, 0.15) is 34.0 Å². The van der Waals surface area contributed by atoms with E-state index in [-0.39, 0.29) is 5.91 Å². The van der Waals surface area contributed by atoms with E-state index < -0.39 is 0 Å². The van der Waals surface area contributed by atoms with Crippen molar-refractivity contribution >= 4 is 5.91 Å². The third-order valence-electron chi connectivity index (χ3n) is 4.29. The van der Waals surface area contributed by atoms with Crippen LogP contribution in [0.25, 0.3) is 0 Å². The number of aromatic nitrogens is 3. The molecule has 0 atom stereocenters. The van der Waals surface area contributed by atoms with Crippen molar-refractivity contribution in [3.63, 3.8) is 0 Å². The number of carbonyl (C=O) groups excluding carboxylic acids is 1. The monoisotopic (exact) mass is 380 g/mol. The minimum Gasteiger partial charge on any atom is -0.496 e. The molecule has 146 valence electrons. The summed E-state index contributed by atoms with van der Waals surface area (Å²) in [7, 11) is 1.61. The molecule has 1 heterocycles. The summed E-state index contributed by atoms with van der Waals surface area (Å²) in [6.07, 6.45) is 3.20. The SMILES string of the molecule is CCOCc1cc(C(=O)NCc2ccc(Cn3cncn3)cc2)ccc1OC. The molecule has 0 saturated carbocycles. The van der Waals surface area contributed by atoms with Crippen molar-refractivity contribution in [3.8, 4) is 5.75 Å². The number of methoxy groups -OCH3 is 1. The molecule has 0 aliphatic rings. The molecule has 3 rings (SSSR count). The van der Waals surface area contributed by atoms with E-state index in [1.54, 1.807) is 30.3 Å². The maximum absolute atomic E-state index is 12.5. The molecule has 0 bridgehead atoms. The van der Waals surface area contributed by atoms with Gasteiger partial charge in [-0.25, -0.2) is 9.67 Å². The number of ether oxygens (including phenoxy) is 2. The molecule has 1 amide bonds. The highest BCUT2D eigenvalue weighted by molar-refractivity contribution is 5.94. The van der Waals surface area contributed by atoms with Gasteiger partial charge in [0.15, 0.2) is 0 Å². The van der Waals surface area contributed by atoms with Crippen LogP contribution in [-0.4, -0.2) is 34.4 Å². The van der Waals surface area contributed by atoms with E-state index in [9.17, 15) is 4.79 Å². The Labute approximate surface area is 164 Å². The van der Waals surface area contributed by atoms with Crippen LogP contribution in [0.2, 0.25) is 0 Å². The van der Waals surface area contributed by atoms with Crippen LogP contribution < -0.4 is 10.1 Å². The Morgan fingerprint density at radius 1 is 1.14 bits per heavy atom. The highest BCUT2D eigenvalue weighted by Crippen LogP contribution is 2.21. The van der Waals surface area contributed by atoms with Crippen molar-refractivity contribution in [3.05, 3.63) is 77.4 Å². The third-order valence-corrected chi connectivity index (χ3v) is 4.29. The summed E-state index contributed by atoms with van der Waals surface area (Å²) in [5, 5.41) is 7.05. The Morgan fingerprint density at radius 2 is 1.93 bits per heavy atom. The molecule has 0 fully saturated rings. The van der Waals surface area contributed by atoms with Gasteiger partial charge in [0, 0.05) is 24.3 Å². The predicted octanol–water partition coefficient (Wildman–Crippen LogP) is 2.80. The standard InChI is InChI=1S/C21H24N4O3/c1-3-28-13-19-10-18(8-9-20(19)27-2)21(26)23-11-16-4-6-17(7-5-16)12-25-15-22-14-24-25/h4-10,14-15H,3,11-13H2,1-2H3,(H,23,26). The molecule has 0 aliphatic carbocycles. The van der Waals surface area contributed by atoms with E-state index in [0.717, 1.165) is 16.7 Å². The lowest BCUT2D eigenvalue weighted by Crippen LogP contribution is -2.23. The number of nitrogens with zero attached hydrogens (tertiary/aromatic N) is 3. The first kappa shape index (κ1) is 19.6. The van der Waals surface area contributed by atoms with Gasteiger partial charge in [0.1, 0.15) is 18.4 Å². The number of benzene rings is 2. The Morgan fingerprint density at radius 3 is 2.61 bits per heavy atom. The summed E-state index contributed by atoms with van der Waals surface area (Å²) >= 11 is 0. The van der Waals surface area contributed by atoms with Crippen LogP contribution in [0.5, 0.6) is 5.75 Å². The van der Waals surface area contributed by atoms with Gasteiger partial charge in [-0.1, -0.05) is 24.3 Å². The zero-order chi connectivity index (χ0) is 19.8. The predicted molar refractivity (Wildman–Crippen MR) is 105 cm³/mol. The second kappa shape index (κ2) is 9.66. The summed E-state index contributed by atoms with van der Waals surface area (Å²) < 4.78 is 12.6. The Balaban J connectivity index is 1.58. The summed E-state index contributed by atoms with van der Waals surface area (Å²) in [6.45, 7) is 4.07. The topological polar surface area (TPSA) is 78.3 Å². The van der Waals surface area contributed by atoms with E-state index >= 15 is 0 Å². The van der Waals surface area contributed by atoms with Crippen LogP contribution in [0.15, 0.2) is 55.1 Å². The molecule has 0 unspecified atom stereocenters. The lowest BCUT2D eigenvalue weighted by Gasteiger charge is -2.11. The molecule has 0 radical (unpaired) electrons. The molecule has 3 aromatic rings. The molecule has 7 nitrogen and oxygen atoms in total. The fourth-order valence-electron chi connectivity index (χ4n) is 2.79. The lowest BCUT2D eigenvalue weighted by atomic mass is 10.1. The van der Waals surface area contributed by atoms with Crippen molar-refractivity contribution in [1.29, 1.82) is 0 Å². The average molecular weight is 380 g/mol. The van der Waals surface area contributed by atoms with Gasteiger partial charge in [0.05, 0.1) is 20.3 Å². The van der Waals surface area contributed by atoms with E-state index in [2.05, 4.69) is 15.4 Å². The average Bonchev–Trinajstić information content (AvgIpc) is 3.24. The summed E-state index contributed by atoms with van der Waals surface area (Å²) in [5.74, 6) is 0.583. The van der Waals surface area contributed by atoms with E-state index in [0.29, 0.717) is 37.6 Å². The third kappa shape index (κ3) is 5.17. The van der Waals surface area contributed by atoms with Crippen molar-refractivity contribution in [2.75, 3.05) is 13.7 Å². The first-order chi connectivity index (χ1) is 13.7. The fraction of sp³-hybridized carbons (Fsp3) is 0.286. The van der Waals surface area contributed by atoms with Crippen molar-refractivity contribution in [1.82, 2.24) is 20.1 Å². The highest BCUT2D eigenvalue weighted by atomic mass is 16.5. The quantitative estimate of drug-likeness (QED) is 0.618. The number of carbonyl (C=O) groups is 1. The highest BCUT2D eigenvalue weighted by Gasteiger charge is 2.10. The maximum Gasteiger partial charge on any atom is 0.251 e. The molecule has 2 aromatic carbocycles. The van der Waals surface area contributed by atoms with Crippen LogP contribution in [-0.2, 0) is 24.4 Å². The number of hydrogen-bond donors (Lipinski definition) is 1. The van der Waals surface area contributed by atoms with E-state index in [1.165, 1.54) is 6.33 Å². The molecular formula is C21H24N4O3. The first-order valence-electron chi connectivity index (χ1n) is 9.12. The largest absolute Gasteiger partial charge is 0.496 e. The Kier molecular flexibility index (Phi) is 6.75. The Bertz CT molecular complexity index is 893. The first-order valence-corrected chi connectivity index (χ1v) is 9.12. The zero-order valence-electron chi connectivity index (χ0n) is 16.1. The molecule has 28 heavy (non-hydrogen) atoms. The minimum absolute atomic E-state index is 0.132. The second-order valence-electron chi connectivity index (χ2n) is 6.26. The van der Waals surface area contributed by atoms with Gasteiger partial charge in [-0.2, -0.15) is 5.10 Å².